The van der Waals surface area contributed by atoms with Crippen molar-refractivity contribution >= 4 is 5.78 Å². The third-order valence-corrected chi connectivity index (χ3v) is 3.79. The van der Waals surface area contributed by atoms with Crippen LogP contribution in [0.5, 0.6) is 0 Å². The summed E-state index contributed by atoms with van der Waals surface area (Å²) in [6.45, 7) is 0. The molecule has 0 unspecified atom stereocenters. The fraction of sp³-hybridized carbons (Fsp3) is 0.235. The molecule has 18 heavy (non-hydrogen) atoms. The van der Waals surface area contributed by atoms with Crippen LogP contribution in [0.1, 0.15) is 46.7 Å². The summed E-state index contributed by atoms with van der Waals surface area (Å²) >= 11 is 0. The van der Waals surface area contributed by atoms with Gasteiger partial charge in [-0.05, 0) is 24.3 Å². The van der Waals surface area contributed by atoms with Crippen molar-refractivity contribution in [3.63, 3.8) is 0 Å². The highest BCUT2D eigenvalue weighted by molar-refractivity contribution is 6.10. The highest BCUT2D eigenvalue weighted by Gasteiger charge is 2.24. The fourth-order valence-corrected chi connectivity index (χ4v) is 2.52. The third kappa shape index (κ3) is 1.97. The first kappa shape index (κ1) is 11.2. The molecular weight excluding hydrogens is 220 g/mol. The van der Waals surface area contributed by atoms with E-state index in [0.717, 1.165) is 11.1 Å². The highest BCUT2D eigenvalue weighted by atomic mass is 16.1. The Morgan fingerprint density at radius 3 is 2.22 bits per heavy atom. The summed E-state index contributed by atoms with van der Waals surface area (Å²) in [4.78, 5) is 12.5. The van der Waals surface area contributed by atoms with Gasteiger partial charge in [0, 0.05) is 11.1 Å². The van der Waals surface area contributed by atoms with E-state index in [1.54, 1.807) is 0 Å². The van der Waals surface area contributed by atoms with E-state index in [1.807, 2.05) is 48.5 Å². The average Bonchev–Trinajstić information content (AvgIpc) is 2.38. The van der Waals surface area contributed by atoms with Crippen LogP contribution in [0.4, 0.5) is 0 Å². The van der Waals surface area contributed by atoms with E-state index in [4.69, 9.17) is 0 Å². The maximum absolute atomic E-state index is 12.5. The number of benzene rings is 2. The molecule has 1 saturated carbocycles. The lowest BCUT2D eigenvalue weighted by atomic mass is 9.77. The topological polar surface area (TPSA) is 17.1 Å². The minimum atomic E-state index is 0.151. The first-order valence-electron chi connectivity index (χ1n) is 6.55. The Morgan fingerprint density at radius 2 is 1.56 bits per heavy atom. The molecule has 0 heterocycles. The summed E-state index contributed by atoms with van der Waals surface area (Å²) in [5, 5.41) is 0. The van der Waals surface area contributed by atoms with Crippen LogP contribution < -0.4 is 0 Å². The summed E-state index contributed by atoms with van der Waals surface area (Å²) in [7, 11) is 0. The second-order valence-electron chi connectivity index (χ2n) is 4.91. The van der Waals surface area contributed by atoms with E-state index in [9.17, 15) is 4.79 Å². The maximum atomic E-state index is 12.5. The van der Waals surface area contributed by atoms with Crippen LogP contribution in [0, 0.1) is 0 Å². The summed E-state index contributed by atoms with van der Waals surface area (Å²) in [5.41, 5.74) is 2.90. The van der Waals surface area contributed by atoms with Gasteiger partial charge in [-0.15, -0.1) is 0 Å². The van der Waals surface area contributed by atoms with Crippen molar-refractivity contribution in [3.05, 3.63) is 71.3 Å². The SMILES string of the molecule is O=C(c1ccccc1)c1ccccc1C1CCC1. The molecule has 1 fully saturated rings. The molecule has 0 aromatic heterocycles. The predicted molar refractivity (Wildman–Crippen MR) is 72.9 cm³/mol. The lowest BCUT2D eigenvalue weighted by molar-refractivity contribution is 0.103. The van der Waals surface area contributed by atoms with E-state index in [2.05, 4.69) is 6.07 Å². The molecule has 2 aromatic rings. The summed E-state index contributed by atoms with van der Waals surface area (Å²) < 4.78 is 0. The highest BCUT2D eigenvalue weighted by Crippen LogP contribution is 2.38. The normalized spacial score (nSPS) is 15.1. The Labute approximate surface area is 107 Å². The summed E-state index contributed by atoms with van der Waals surface area (Å²) in [5.74, 6) is 0.743. The van der Waals surface area contributed by atoms with Gasteiger partial charge in [0.15, 0.2) is 5.78 Å². The zero-order valence-electron chi connectivity index (χ0n) is 10.3. The van der Waals surface area contributed by atoms with Gasteiger partial charge >= 0.3 is 0 Å². The molecule has 1 nitrogen and oxygen atoms in total. The number of rotatable bonds is 3. The summed E-state index contributed by atoms with van der Waals surface area (Å²) in [6, 6.07) is 17.6. The monoisotopic (exact) mass is 236 g/mol. The second-order valence-corrected chi connectivity index (χ2v) is 4.91. The van der Waals surface area contributed by atoms with Gasteiger partial charge in [-0.1, -0.05) is 61.0 Å². The largest absolute Gasteiger partial charge is 0.289 e. The van der Waals surface area contributed by atoms with E-state index in [1.165, 1.54) is 24.8 Å². The van der Waals surface area contributed by atoms with E-state index >= 15 is 0 Å². The molecule has 2 aromatic carbocycles. The van der Waals surface area contributed by atoms with E-state index in [-0.39, 0.29) is 5.78 Å². The minimum absolute atomic E-state index is 0.151. The van der Waals surface area contributed by atoms with Crippen LogP contribution in [0.2, 0.25) is 0 Å². The third-order valence-electron chi connectivity index (χ3n) is 3.79. The molecule has 0 radical (unpaired) electrons. The molecule has 1 aliphatic rings. The molecule has 1 heteroatoms. The molecule has 0 bridgehead atoms. The zero-order chi connectivity index (χ0) is 12.4. The van der Waals surface area contributed by atoms with Gasteiger partial charge in [-0.3, -0.25) is 4.79 Å². The van der Waals surface area contributed by atoms with Crippen LogP contribution in [0.25, 0.3) is 0 Å². The standard InChI is InChI=1S/C17H16O/c18-17(14-7-2-1-3-8-14)16-12-5-4-11-15(16)13-9-6-10-13/h1-5,7-8,11-13H,6,9-10H2. The molecule has 0 spiro atoms. The zero-order valence-corrected chi connectivity index (χ0v) is 10.3. The predicted octanol–water partition coefficient (Wildman–Crippen LogP) is 4.19. The Hall–Kier alpha value is -1.89. The Morgan fingerprint density at radius 1 is 0.889 bits per heavy atom. The maximum Gasteiger partial charge on any atom is 0.193 e. The minimum Gasteiger partial charge on any atom is -0.289 e. The summed E-state index contributed by atoms with van der Waals surface area (Å²) in [6.07, 6.45) is 3.73. The van der Waals surface area contributed by atoms with Gasteiger partial charge in [-0.25, -0.2) is 0 Å². The average molecular weight is 236 g/mol. The van der Waals surface area contributed by atoms with Crippen molar-refractivity contribution in [2.24, 2.45) is 0 Å². The van der Waals surface area contributed by atoms with Crippen molar-refractivity contribution in [1.29, 1.82) is 0 Å². The van der Waals surface area contributed by atoms with Crippen molar-refractivity contribution in [1.82, 2.24) is 0 Å². The van der Waals surface area contributed by atoms with Crippen LogP contribution in [-0.4, -0.2) is 5.78 Å². The van der Waals surface area contributed by atoms with Gasteiger partial charge in [0.2, 0.25) is 0 Å². The van der Waals surface area contributed by atoms with Gasteiger partial charge in [0.05, 0.1) is 0 Å². The number of ketones is 1. The van der Waals surface area contributed by atoms with E-state index in [0.29, 0.717) is 5.92 Å². The van der Waals surface area contributed by atoms with Crippen LogP contribution in [0.3, 0.4) is 0 Å². The molecule has 90 valence electrons. The molecule has 0 aliphatic heterocycles. The molecule has 0 saturated heterocycles. The first-order valence-corrected chi connectivity index (χ1v) is 6.55. The number of hydrogen-bond acceptors (Lipinski definition) is 1. The Bertz CT molecular complexity index is 553. The Balaban J connectivity index is 1.99. The van der Waals surface area contributed by atoms with E-state index < -0.39 is 0 Å². The number of carbonyl (C=O) groups is 1. The molecule has 1 aliphatic carbocycles. The first-order chi connectivity index (χ1) is 8.86. The van der Waals surface area contributed by atoms with Crippen molar-refractivity contribution < 1.29 is 4.79 Å². The van der Waals surface area contributed by atoms with Gasteiger partial charge < -0.3 is 0 Å². The smallest absolute Gasteiger partial charge is 0.193 e. The number of hydrogen-bond donors (Lipinski definition) is 0. The molecule has 0 N–H and O–H groups in total. The lowest BCUT2D eigenvalue weighted by Crippen LogP contribution is -2.14. The molecular formula is C17H16O. The van der Waals surface area contributed by atoms with Crippen molar-refractivity contribution in [3.8, 4) is 0 Å². The fourth-order valence-electron chi connectivity index (χ4n) is 2.52. The van der Waals surface area contributed by atoms with Gasteiger partial charge in [-0.2, -0.15) is 0 Å². The second kappa shape index (κ2) is 4.77. The quantitative estimate of drug-likeness (QED) is 0.730. The lowest BCUT2D eigenvalue weighted by Gasteiger charge is -2.27. The van der Waals surface area contributed by atoms with Crippen molar-refractivity contribution in [2.45, 2.75) is 25.2 Å². The molecule has 3 rings (SSSR count). The van der Waals surface area contributed by atoms with Crippen LogP contribution in [-0.2, 0) is 0 Å². The van der Waals surface area contributed by atoms with Gasteiger partial charge in [0.1, 0.15) is 0 Å². The molecule has 0 amide bonds. The van der Waals surface area contributed by atoms with Crippen LogP contribution >= 0.6 is 0 Å². The number of carbonyl (C=O) groups excluding carboxylic acids is 1. The van der Waals surface area contributed by atoms with Crippen LogP contribution in [0.15, 0.2) is 54.6 Å². The Kier molecular flexibility index (Phi) is 2.97. The van der Waals surface area contributed by atoms with Gasteiger partial charge in [0.25, 0.3) is 0 Å². The van der Waals surface area contributed by atoms with Crippen molar-refractivity contribution in [2.75, 3.05) is 0 Å². The molecule has 0 atom stereocenters.